The van der Waals surface area contributed by atoms with Gasteiger partial charge in [0, 0.05) is 12.8 Å². The first-order valence-electron chi connectivity index (χ1n) is 7.12. The molecule has 3 amide bonds. The number of rotatable bonds is 4. The standard InChI is InChI=1S/C15H16N2O5/c18-13(8-17-14(19)5-6-15(17)20)16-7-10-9-21-11-3-1-2-4-12(11)22-10/h1-4,10H,5-9H2,(H,16,18)/t10-/m0/s1. The Bertz CT molecular complexity index is 600. The number of nitrogens with one attached hydrogen (secondary N) is 1. The van der Waals surface area contributed by atoms with Crippen LogP contribution in [0.25, 0.3) is 0 Å². The molecule has 0 spiro atoms. The number of ether oxygens (including phenoxy) is 2. The van der Waals surface area contributed by atoms with Gasteiger partial charge in [0.2, 0.25) is 17.7 Å². The van der Waals surface area contributed by atoms with Crippen molar-refractivity contribution in [3.8, 4) is 11.5 Å². The number of imide groups is 1. The summed E-state index contributed by atoms with van der Waals surface area (Å²) in [5.41, 5.74) is 0. The fourth-order valence-electron chi connectivity index (χ4n) is 2.39. The van der Waals surface area contributed by atoms with Crippen molar-refractivity contribution in [2.75, 3.05) is 19.7 Å². The van der Waals surface area contributed by atoms with Crippen LogP contribution in [-0.4, -0.2) is 48.4 Å². The van der Waals surface area contributed by atoms with Crippen LogP contribution in [0.1, 0.15) is 12.8 Å². The van der Waals surface area contributed by atoms with Gasteiger partial charge in [0.25, 0.3) is 0 Å². The SMILES string of the molecule is O=C(CN1C(=O)CCC1=O)NC[C@H]1COc2ccccc2O1. The van der Waals surface area contributed by atoms with Gasteiger partial charge >= 0.3 is 0 Å². The van der Waals surface area contributed by atoms with Gasteiger partial charge in [-0.25, -0.2) is 0 Å². The van der Waals surface area contributed by atoms with Gasteiger partial charge in [-0.15, -0.1) is 0 Å². The number of para-hydroxylation sites is 2. The second-order valence-electron chi connectivity index (χ2n) is 5.18. The molecule has 0 saturated carbocycles. The maximum absolute atomic E-state index is 11.8. The Hall–Kier alpha value is -2.57. The minimum atomic E-state index is -0.383. The zero-order valence-corrected chi connectivity index (χ0v) is 11.9. The number of carbonyl (C=O) groups is 3. The van der Waals surface area contributed by atoms with Crippen LogP contribution >= 0.6 is 0 Å². The summed E-state index contributed by atoms with van der Waals surface area (Å²) >= 11 is 0. The van der Waals surface area contributed by atoms with E-state index >= 15 is 0 Å². The van der Waals surface area contributed by atoms with Crippen LogP contribution < -0.4 is 14.8 Å². The first-order valence-corrected chi connectivity index (χ1v) is 7.12. The number of hydrogen-bond acceptors (Lipinski definition) is 5. The Morgan fingerprint density at radius 2 is 1.86 bits per heavy atom. The number of carbonyl (C=O) groups excluding carboxylic acids is 3. The Morgan fingerprint density at radius 1 is 1.18 bits per heavy atom. The highest BCUT2D eigenvalue weighted by Crippen LogP contribution is 2.30. The van der Waals surface area contributed by atoms with Gasteiger partial charge in [0.05, 0.1) is 6.54 Å². The molecule has 3 rings (SSSR count). The van der Waals surface area contributed by atoms with Crippen molar-refractivity contribution < 1.29 is 23.9 Å². The monoisotopic (exact) mass is 304 g/mol. The summed E-state index contributed by atoms with van der Waals surface area (Å²) in [5.74, 6) is 0.333. The first kappa shape index (κ1) is 14.4. The predicted octanol–water partition coefficient (Wildman–Crippen LogP) is 0.0916. The van der Waals surface area contributed by atoms with Gasteiger partial charge in [-0.1, -0.05) is 12.1 Å². The fourth-order valence-corrected chi connectivity index (χ4v) is 2.39. The zero-order chi connectivity index (χ0) is 15.5. The lowest BCUT2D eigenvalue weighted by atomic mass is 10.2. The minimum absolute atomic E-state index is 0.183. The van der Waals surface area contributed by atoms with E-state index in [1.807, 2.05) is 18.2 Å². The van der Waals surface area contributed by atoms with E-state index in [0.717, 1.165) is 4.90 Å². The number of nitrogens with zero attached hydrogens (tertiary/aromatic N) is 1. The molecule has 116 valence electrons. The molecule has 22 heavy (non-hydrogen) atoms. The lowest BCUT2D eigenvalue weighted by Gasteiger charge is -2.26. The van der Waals surface area contributed by atoms with Crippen LogP contribution in [0.15, 0.2) is 24.3 Å². The van der Waals surface area contributed by atoms with Crippen LogP contribution in [0.3, 0.4) is 0 Å². The number of amides is 3. The first-order chi connectivity index (χ1) is 10.6. The molecule has 1 saturated heterocycles. The van der Waals surface area contributed by atoms with Gasteiger partial charge < -0.3 is 14.8 Å². The Labute approximate surface area is 127 Å². The number of fused-ring (bicyclic) bond motifs is 1. The molecule has 7 heteroatoms. The van der Waals surface area contributed by atoms with Crippen molar-refractivity contribution in [2.24, 2.45) is 0 Å². The highest BCUT2D eigenvalue weighted by atomic mass is 16.6. The predicted molar refractivity (Wildman–Crippen MR) is 75.3 cm³/mol. The molecule has 1 fully saturated rings. The molecule has 7 nitrogen and oxygen atoms in total. The number of likely N-dealkylation sites (tertiary alicyclic amines) is 1. The maximum atomic E-state index is 11.8. The van der Waals surface area contributed by atoms with Crippen LogP contribution in [0.2, 0.25) is 0 Å². The van der Waals surface area contributed by atoms with Gasteiger partial charge in [-0.05, 0) is 12.1 Å². The second-order valence-corrected chi connectivity index (χ2v) is 5.18. The normalized spacial score (nSPS) is 20.2. The van der Waals surface area contributed by atoms with Crippen molar-refractivity contribution >= 4 is 17.7 Å². The van der Waals surface area contributed by atoms with Gasteiger partial charge in [-0.3, -0.25) is 19.3 Å². The quantitative estimate of drug-likeness (QED) is 0.797. The average Bonchev–Trinajstić information content (AvgIpc) is 2.84. The van der Waals surface area contributed by atoms with Crippen molar-refractivity contribution in [3.05, 3.63) is 24.3 Å². The van der Waals surface area contributed by atoms with Crippen molar-refractivity contribution in [1.29, 1.82) is 0 Å². The van der Waals surface area contributed by atoms with Crippen LogP contribution in [-0.2, 0) is 14.4 Å². The van der Waals surface area contributed by atoms with E-state index in [9.17, 15) is 14.4 Å². The van der Waals surface area contributed by atoms with E-state index in [0.29, 0.717) is 18.1 Å². The second kappa shape index (κ2) is 6.05. The molecule has 0 aromatic heterocycles. The van der Waals surface area contributed by atoms with Crippen molar-refractivity contribution in [3.63, 3.8) is 0 Å². The zero-order valence-electron chi connectivity index (χ0n) is 11.9. The third-order valence-electron chi connectivity index (χ3n) is 3.55. The Kier molecular flexibility index (Phi) is 3.95. The van der Waals surface area contributed by atoms with Crippen LogP contribution in [0.5, 0.6) is 11.5 Å². The van der Waals surface area contributed by atoms with Crippen molar-refractivity contribution in [1.82, 2.24) is 10.2 Å². The molecular weight excluding hydrogens is 288 g/mol. The molecule has 0 unspecified atom stereocenters. The molecule has 1 aromatic rings. The number of benzene rings is 1. The summed E-state index contributed by atoms with van der Waals surface area (Å²) in [4.78, 5) is 35.7. The van der Waals surface area contributed by atoms with E-state index in [1.165, 1.54) is 0 Å². The molecule has 0 radical (unpaired) electrons. The van der Waals surface area contributed by atoms with E-state index < -0.39 is 0 Å². The fraction of sp³-hybridized carbons (Fsp3) is 0.400. The summed E-state index contributed by atoms with van der Waals surface area (Å²) in [7, 11) is 0. The van der Waals surface area contributed by atoms with E-state index in [2.05, 4.69) is 5.32 Å². The third kappa shape index (κ3) is 3.03. The average molecular weight is 304 g/mol. The van der Waals surface area contributed by atoms with E-state index in [-0.39, 0.29) is 49.8 Å². The molecular formula is C15H16N2O5. The third-order valence-corrected chi connectivity index (χ3v) is 3.55. The highest BCUT2D eigenvalue weighted by molar-refractivity contribution is 6.04. The maximum Gasteiger partial charge on any atom is 0.240 e. The summed E-state index contributed by atoms with van der Waals surface area (Å²) in [5, 5.41) is 2.66. The molecule has 1 atom stereocenters. The van der Waals surface area contributed by atoms with Crippen LogP contribution in [0.4, 0.5) is 0 Å². The lowest BCUT2D eigenvalue weighted by Crippen LogP contribution is -2.45. The summed E-state index contributed by atoms with van der Waals surface area (Å²) < 4.78 is 11.2. The van der Waals surface area contributed by atoms with Gasteiger partial charge in [0.15, 0.2) is 11.5 Å². The molecule has 2 aliphatic rings. The van der Waals surface area contributed by atoms with Crippen molar-refractivity contribution in [2.45, 2.75) is 18.9 Å². The molecule has 2 heterocycles. The van der Waals surface area contributed by atoms with Gasteiger partial charge in [0.1, 0.15) is 19.3 Å². The topological polar surface area (TPSA) is 84.9 Å². The van der Waals surface area contributed by atoms with E-state index in [1.54, 1.807) is 6.07 Å². The smallest absolute Gasteiger partial charge is 0.240 e. The minimum Gasteiger partial charge on any atom is -0.486 e. The van der Waals surface area contributed by atoms with Gasteiger partial charge in [-0.2, -0.15) is 0 Å². The molecule has 1 N–H and O–H groups in total. The van der Waals surface area contributed by atoms with Crippen LogP contribution in [0, 0.1) is 0 Å². The molecule has 0 aliphatic carbocycles. The summed E-state index contributed by atoms with van der Waals surface area (Å²) in [6.07, 6.45) is 0.0640. The lowest BCUT2D eigenvalue weighted by molar-refractivity contribution is -0.142. The van der Waals surface area contributed by atoms with E-state index in [4.69, 9.17) is 9.47 Å². The number of hydrogen-bond donors (Lipinski definition) is 1. The molecule has 0 bridgehead atoms. The highest BCUT2D eigenvalue weighted by Gasteiger charge is 2.30. The Morgan fingerprint density at radius 3 is 2.59 bits per heavy atom. The molecule has 1 aromatic carbocycles. The summed E-state index contributed by atoms with van der Waals surface area (Å²) in [6.45, 7) is 0.351. The largest absolute Gasteiger partial charge is 0.486 e. The summed E-state index contributed by atoms with van der Waals surface area (Å²) in [6, 6.07) is 7.31. The Balaban J connectivity index is 1.48. The molecule has 2 aliphatic heterocycles.